The maximum Gasteiger partial charge on any atom is 0.224 e. The first kappa shape index (κ1) is 14.5. The van der Waals surface area contributed by atoms with Crippen molar-refractivity contribution in [1.82, 2.24) is 10.6 Å². The zero-order chi connectivity index (χ0) is 12.3. The van der Waals surface area contributed by atoms with Gasteiger partial charge < -0.3 is 10.6 Å². The lowest BCUT2D eigenvalue weighted by atomic mass is 9.99. The van der Waals surface area contributed by atoms with E-state index >= 15 is 0 Å². The number of carbonyl (C=O) groups excluding carboxylic acids is 1. The summed E-state index contributed by atoms with van der Waals surface area (Å²) in [5.74, 6) is 0.467. The molecule has 0 saturated carbocycles. The number of nitrogens with one attached hydrogen (secondary N) is 2. The zero-order valence-corrected chi connectivity index (χ0v) is 11.3. The van der Waals surface area contributed by atoms with Crippen LogP contribution >= 0.6 is 0 Å². The van der Waals surface area contributed by atoms with E-state index in [4.69, 9.17) is 0 Å². The fourth-order valence-electron chi connectivity index (χ4n) is 2.34. The summed E-state index contributed by atoms with van der Waals surface area (Å²) in [5.41, 5.74) is 0. The van der Waals surface area contributed by atoms with Crippen molar-refractivity contribution in [1.29, 1.82) is 0 Å². The maximum absolute atomic E-state index is 11.8. The molecule has 1 rings (SSSR count). The number of unbranched alkanes of at least 4 members (excludes halogenated alkanes) is 5. The Morgan fingerprint density at radius 1 is 1.24 bits per heavy atom. The van der Waals surface area contributed by atoms with Crippen LogP contribution in [0, 0.1) is 5.92 Å². The number of amides is 1. The molecule has 0 aromatic carbocycles. The Morgan fingerprint density at radius 3 is 2.71 bits per heavy atom. The Bertz CT molecular complexity index is 200. The molecule has 3 heteroatoms. The Kier molecular flexibility index (Phi) is 8.06. The molecule has 1 heterocycles. The second-order valence-corrected chi connectivity index (χ2v) is 5.10. The first-order valence-corrected chi connectivity index (χ1v) is 7.33. The lowest BCUT2D eigenvalue weighted by Crippen LogP contribution is -2.40. The standard InChI is InChI=1S/C14H28N2O/c1-2-3-4-5-6-7-11-16-14(17)13-9-8-10-15-12-13/h13,15H,2-12H2,1H3,(H,16,17). The quantitative estimate of drug-likeness (QED) is 0.640. The van der Waals surface area contributed by atoms with E-state index in [0.29, 0.717) is 0 Å². The summed E-state index contributed by atoms with van der Waals surface area (Å²) in [5, 5.41) is 6.34. The number of carbonyl (C=O) groups is 1. The van der Waals surface area contributed by atoms with E-state index in [9.17, 15) is 4.79 Å². The monoisotopic (exact) mass is 240 g/mol. The van der Waals surface area contributed by atoms with Gasteiger partial charge >= 0.3 is 0 Å². The van der Waals surface area contributed by atoms with Gasteiger partial charge in [-0.25, -0.2) is 0 Å². The van der Waals surface area contributed by atoms with E-state index < -0.39 is 0 Å². The van der Waals surface area contributed by atoms with Crippen LogP contribution in [-0.2, 0) is 4.79 Å². The van der Waals surface area contributed by atoms with Gasteiger partial charge in [0.2, 0.25) is 5.91 Å². The Labute approximate surface area is 106 Å². The minimum atomic E-state index is 0.212. The molecular weight excluding hydrogens is 212 g/mol. The number of hydrogen-bond donors (Lipinski definition) is 2. The van der Waals surface area contributed by atoms with E-state index in [0.717, 1.165) is 38.9 Å². The third-order valence-electron chi connectivity index (χ3n) is 3.50. The summed E-state index contributed by atoms with van der Waals surface area (Å²) >= 11 is 0. The Morgan fingerprint density at radius 2 is 2.00 bits per heavy atom. The minimum absolute atomic E-state index is 0.212. The molecule has 2 N–H and O–H groups in total. The van der Waals surface area contributed by atoms with E-state index in [-0.39, 0.29) is 11.8 Å². The van der Waals surface area contributed by atoms with Crippen molar-refractivity contribution in [3.8, 4) is 0 Å². The van der Waals surface area contributed by atoms with E-state index in [1.54, 1.807) is 0 Å². The van der Waals surface area contributed by atoms with Crippen LogP contribution in [0.1, 0.15) is 58.3 Å². The van der Waals surface area contributed by atoms with Crippen LogP contribution in [0.2, 0.25) is 0 Å². The van der Waals surface area contributed by atoms with Gasteiger partial charge in [-0.2, -0.15) is 0 Å². The van der Waals surface area contributed by atoms with Crippen molar-refractivity contribution in [2.45, 2.75) is 58.3 Å². The third kappa shape index (κ3) is 6.67. The van der Waals surface area contributed by atoms with Gasteiger partial charge in [0.1, 0.15) is 0 Å². The second-order valence-electron chi connectivity index (χ2n) is 5.10. The number of hydrogen-bond acceptors (Lipinski definition) is 2. The van der Waals surface area contributed by atoms with Crippen molar-refractivity contribution in [2.75, 3.05) is 19.6 Å². The molecule has 0 aromatic heterocycles. The summed E-state index contributed by atoms with van der Waals surface area (Å²) in [7, 11) is 0. The van der Waals surface area contributed by atoms with Crippen LogP contribution in [0.4, 0.5) is 0 Å². The number of piperidine rings is 1. The van der Waals surface area contributed by atoms with Crippen LogP contribution in [0.5, 0.6) is 0 Å². The van der Waals surface area contributed by atoms with Gasteiger partial charge in [-0.3, -0.25) is 4.79 Å². The molecule has 100 valence electrons. The summed E-state index contributed by atoms with van der Waals surface area (Å²) in [6.45, 7) is 5.03. The molecule has 1 unspecified atom stereocenters. The smallest absolute Gasteiger partial charge is 0.224 e. The Hall–Kier alpha value is -0.570. The highest BCUT2D eigenvalue weighted by atomic mass is 16.1. The molecule has 0 bridgehead atoms. The minimum Gasteiger partial charge on any atom is -0.356 e. The largest absolute Gasteiger partial charge is 0.356 e. The van der Waals surface area contributed by atoms with Crippen LogP contribution in [0.3, 0.4) is 0 Å². The van der Waals surface area contributed by atoms with Gasteiger partial charge in [-0.1, -0.05) is 39.0 Å². The molecule has 1 saturated heterocycles. The Balaban J connectivity index is 1.92. The van der Waals surface area contributed by atoms with Crippen molar-refractivity contribution < 1.29 is 4.79 Å². The van der Waals surface area contributed by atoms with Crippen molar-refractivity contribution in [3.05, 3.63) is 0 Å². The van der Waals surface area contributed by atoms with Gasteiger partial charge in [0.05, 0.1) is 5.92 Å². The predicted molar refractivity (Wildman–Crippen MR) is 72.0 cm³/mol. The van der Waals surface area contributed by atoms with Gasteiger partial charge in [-0.15, -0.1) is 0 Å². The molecule has 0 aromatic rings. The summed E-state index contributed by atoms with van der Waals surface area (Å²) in [4.78, 5) is 11.8. The van der Waals surface area contributed by atoms with Gasteiger partial charge in [-0.05, 0) is 25.8 Å². The molecule has 1 fully saturated rings. The summed E-state index contributed by atoms with van der Waals surface area (Å²) in [6.07, 6.45) is 9.88. The average Bonchev–Trinajstić information content (AvgIpc) is 2.38. The first-order valence-electron chi connectivity index (χ1n) is 7.33. The fraction of sp³-hybridized carbons (Fsp3) is 0.929. The first-order chi connectivity index (χ1) is 8.34. The van der Waals surface area contributed by atoms with Crippen molar-refractivity contribution in [2.24, 2.45) is 5.92 Å². The van der Waals surface area contributed by atoms with Crippen LogP contribution in [0.25, 0.3) is 0 Å². The molecule has 3 nitrogen and oxygen atoms in total. The maximum atomic E-state index is 11.8. The molecule has 1 atom stereocenters. The third-order valence-corrected chi connectivity index (χ3v) is 3.50. The highest BCUT2D eigenvalue weighted by molar-refractivity contribution is 5.78. The lowest BCUT2D eigenvalue weighted by Gasteiger charge is -2.21. The predicted octanol–water partition coefficient (Wildman–Crippen LogP) is 2.46. The fourth-order valence-corrected chi connectivity index (χ4v) is 2.34. The zero-order valence-electron chi connectivity index (χ0n) is 11.3. The normalized spacial score (nSPS) is 20.2. The van der Waals surface area contributed by atoms with Crippen LogP contribution in [0.15, 0.2) is 0 Å². The SMILES string of the molecule is CCCCCCCCNC(=O)C1CCCNC1. The number of rotatable bonds is 8. The van der Waals surface area contributed by atoms with Crippen LogP contribution in [-0.4, -0.2) is 25.5 Å². The molecule has 1 aliphatic rings. The van der Waals surface area contributed by atoms with Gasteiger partial charge in [0.25, 0.3) is 0 Å². The molecule has 17 heavy (non-hydrogen) atoms. The molecule has 0 radical (unpaired) electrons. The average molecular weight is 240 g/mol. The molecule has 1 aliphatic heterocycles. The summed E-state index contributed by atoms with van der Waals surface area (Å²) in [6, 6.07) is 0. The highest BCUT2D eigenvalue weighted by Gasteiger charge is 2.19. The lowest BCUT2D eigenvalue weighted by molar-refractivity contribution is -0.125. The van der Waals surface area contributed by atoms with Crippen molar-refractivity contribution >= 4 is 5.91 Å². The highest BCUT2D eigenvalue weighted by Crippen LogP contribution is 2.10. The van der Waals surface area contributed by atoms with Crippen LogP contribution < -0.4 is 10.6 Å². The second kappa shape index (κ2) is 9.46. The van der Waals surface area contributed by atoms with Gasteiger partial charge in [0, 0.05) is 13.1 Å². The van der Waals surface area contributed by atoms with E-state index in [1.165, 1.54) is 32.1 Å². The molecular formula is C14H28N2O. The molecule has 0 spiro atoms. The van der Waals surface area contributed by atoms with E-state index in [2.05, 4.69) is 17.6 Å². The topological polar surface area (TPSA) is 41.1 Å². The molecule has 0 aliphatic carbocycles. The van der Waals surface area contributed by atoms with Crippen molar-refractivity contribution in [3.63, 3.8) is 0 Å². The van der Waals surface area contributed by atoms with E-state index in [1.807, 2.05) is 0 Å². The summed E-state index contributed by atoms with van der Waals surface area (Å²) < 4.78 is 0. The van der Waals surface area contributed by atoms with Gasteiger partial charge in [0.15, 0.2) is 0 Å². The molecule has 1 amide bonds.